The average Bonchev–Trinajstić information content (AvgIpc) is 2.11. The molecular weight excluding hydrogens is 208 g/mol. The molecule has 0 saturated carbocycles. The molecule has 0 fully saturated rings. The lowest BCUT2D eigenvalue weighted by Gasteiger charge is -2.21. The monoisotopic (exact) mass is 230 g/mol. The van der Waals surface area contributed by atoms with E-state index >= 15 is 0 Å². The highest BCUT2D eigenvalue weighted by Gasteiger charge is 2.17. The topological polar surface area (TPSA) is 67.4 Å². The van der Waals surface area contributed by atoms with Crippen LogP contribution in [0.1, 0.15) is 34.6 Å². The molecule has 0 aromatic heterocycles. The van der Waals surface area contributed by atoms with Gasteiger partial charge in [0.25, 0.3) is 0 Å². The second-order valence-corrected chi connectivity index (χ2v) is 4.65. The quantitative estimate of drug-likeness (QED) is 0.673. The summed E-state index contributed by atoms with van der Waals surface area (Å²) >= 11 is 0. The minimum atomic E-state index is -0.467. The van der Waals surface area contributed by atoms with Crippen molar-refractivity contribution in [2.45, 2.75) is 46.2 Å². The Hall–Kier alpha value is -1.10. The molecule has 0 aromatic carbocycles. The lowest BCUT2D eigenvalue weighted by atomic mass is 10.1. The van der Waals surface area contributed by atoms with Crippen molar-refractivity contribution in [3.8, 4) is 0 Å². The Morgan fingerprint density at radius 3 is 2.31 bits per heavy atom. The smallest absolute Gasteiger partial charge is 0.322 e. The van der Waals surface area contributed by atoms with Crippen molar-refractivity contribution in [3.63, 3.8) is 0 Å². The fraction of sp³-hybridized carbons (Fsp3) is 0.818. The van der Waals surface area contributed by atoms with E-state index in [1.807, 2.05) is 20.8 Å². The zero-order valence-corrected chi connectivity index (χ0v) is 10.7. The van der Waals surface area contributed by atoms with Crippen LogP contribution in [-0.4, -0.2) is 36.6 Å². The van der Waals surface area contributed by atoms with E-state index in [2.05, 4.69) is 10.6 Å². The van der Waals surface area contributed by atoms with E-state index in [9.17, 15) is 9.59 Å². The molecule has 0 spiro atoms. The minimum absolute atomic E-state index is 0.108. The number of carbonyl (C=O) groups is 2. The molecule has 16 heavy (non-hydrogen) atoms. The molecule has 0 aromatic rings. The standard InChI is InChI=1S/C11H22N2O3/c1-6-16-10(15)8(2)12-7-9(14)13-11(3,4)5/h8,12H,6-7H2,1-5H3,(H,13,14). The van der Waals surface area contributed by atoms with Crippen LogP contribution in [0.4, 0.5) is 0 Å². The first-order valence-electron chi connectivity index (χ1n) is 5.47. The van der Waals surface area contributed by atoms with Crippen LogP contribution < -0.4 is 10.6 Å². The van der Waals surface area contributed by atoms with Crippen LogP contribution in [0, 0.1) is 0 Å². The molecule has 5 nitrogen and oxygen atoms in total. The molecule has 0 aliphatic heterocycles. The molecule has 1 amide bonds. The molecule has 2 N–H and O–H groups in total. The SMILES string of the molecule is CCOC(=O)C(C)NCC(=O)NC(C)(C)C. The number of ether oxygens (including phenoxy) is 1. The number of rotatable bonds is 5. The van der Waals surface area contributed by atoms with Crippen molar-refractivity contribution in [1.29, 1.82) is 0 Å². The van der Waals surface area contributed by atoms with E-state index < -0.39 is 6.04 Å². The summed E-state index contributed by atoms with van der Waals surface area (Å²) in [6, 6.07) is -0.467. The van der Waals surface area contributed by atoms with Crippen LogP contribution in [0.3, 0.4) is 0 Å². The van der Waals surface area contributed by atoms with Crippen molar-refractivity contribution in [2.75, 3.05) is 13.2 Å². The van der Waals surface area contributed by atoms with E-state index in [0.717, 1.165) is 0 Å². The first-order chi connectivity index (χ1) is 7.26. The van der Waals surface area contributed by atoms with E-state index in [4.69, 9.17) is 4.74 Å². The minimum Gasteiger partial charge on any atom is -0.465 e. The van der Waals surface area contributed by atoms with Gasteiger partial charge in [-0.1, -0.05) is 0 Å². The number of carbonyl (C=O) groups excluding carboxylic acids is 2. The van der Waals surface area contributed by atoms with Gasteiger partial charge >= 0.3 is 5.97 Å². The third-order valence-corrected chi connectivity index (χ3v) is 1.72. The van der Waals surface area contributed by atoms with Crippen molar-refractivity contribution in [2.24, 2.45) is 0 Å². The Kier molecular flexibility index (Phi) is 6.03. The Morgan fingerprint density at radius 2 is 1.88 bits per heavy atom. The summed E-state index contributed by atoms with van der Waals surface area (Å²) in [6.45, 7) is 9.58. The predicted molar refractivity (Wildman–Crippen MR) is 62.0 cm³/mol. The second-order valence-electron chi connectivity index (χ2n) is 4.65. The van der Waals surface area contributed by atoms with Gasteiger partial charge in [-0.25, -0.2) is 0 Å². The second kappa shape index (κ2) is 6.48. The molecule has 0 aliphatic carbocycles. The number of hydrogen-bond donors (Lipinski definition) is 2. The van der Waals surface area contributed by atoms with Crippen LogP contribution >= 0.6 is 0 Å². The predicted octanol–water partition coefficient (Wildman–Crippen LogP) is 0.442. The number of hydrogen-bond acceptors (Lipinski definition) is 4. The fourth-order valence-corrected chi connectivity index (χ4v) is 1.06. The molecule has 0 bridgehead atoms. The normalized spacial score (nSPS) is 13.1. The highest BCUT2D eigenvalue weighted by Crippen LogP contribution is 1.97. The molecule has 1 unspecified atom stereocenters. The highest BCUT2D eigenvalue weighted by molar-refractivity contribution is 5.80. The zero-order valence-electron chi connectivity index (χ0n) is 10.7. The van der Waals surface area contributed by atoms with Gasteiger partial charge in [0.15, 0.2) is 0 Å². The van der Waals surface area contributed by atoms with Crippen LogP contribution in [0.5, 0.6) is 0 Å². The maximum Gasteiger partial charge on any atom is 0.322 e. The number of amides is 1. The Morgan fingerprint density at radius 1 is 1.31 bits per heavy atom. The van der Waals surface area contributed by atoms with E-state index in [0.29, 0.717) is 6.61 Å². The summed E-state index contributed by atoms with van der Waals surface area (Å²) in [5.41, 5.74) is -0.258. The van der Waals surface area contributed by atoms with Gasteiger partial charge in [0.2, 0.25) is 5.91 Å². The summed E-state index contributed by atoms with van der Waals surface area (Å²) in [6.07, 6.45) is 0. The van der Waals surface area contributed by atoms with Gasteiger partial charge in [0.1, 0.15) is 6.04 Å². The molecule has 94 valence electrons. The third kappa shape index (κ3) is 7.23. The first kappa shape index (κ1) is 14.9. The van der Waals surface area contributed by atoms with Crippen molar-refractivity contribution >= 4 is 11.9 Å². The van der Waals surface area contributed by atoms with Crippen LogP contribution in [0.25, 0.3) is 0 Å². The fourth-order valence-electron chi connectivity index (χ4n) is 1.06. The zero-order chi connectivity index (χ0) is 12.8. The summed E-state index contributed by atoms with van der Waals surface area (Å²) in [7, 11) is 0. The number of esters is 1. The van der Waals surface area contributed by atoms with Crippen LogP contribution in [0.15, 0.2) is 0 Å². The molecular formula is C11H22N2O3. The number of nitrogens with one attached hydrogen (secondary N) is 2. The van der Waals surface area contributed by atoms with Crippen molar-refractivity contribution in [3.05, 3.63) is 0 Å². The lowest BCUT2D eigenvalue weighted by molar-refractivity contribution is -0.145. The van der Waals surface area contributed by atoms with E-state index in [1.54, 1.807) is 13.8 Å². The Balaban J connectivity index is 3.88. The maximum atomic E-state index is 11.4. The molecule has 0 saturated heterocycles. The van der Waals surface area contributed by atoms with Gasteiger partial charge in [0.05, 0.1) is 13.2 Å². The first-order valence-corrected chi connectivity index (χ1v) is 5.47. The van der Waals surface area contributed by atoms with Gasteiger partial charge in [-0.2, -0.15) is 0 Å². The van der Waals surface area contributed by atoms with Crippen LogP contribution in [-0.2, 0) is 14.3 Å². The van der Waals surface area contributed by atoms with Crippen LogP contribution in [0.2, 0.25) is 0 Å². The van der Waals surface area contributed by atoms with Gasteiger partial charge in [-0.15, -0.1) is 0 Å². The van der Waals surface area contributed by atoms with Crippen molar-refractivity contribution in [1.82, 2.24) is 10.6 Å². The molecule has 0 heterocycles. The molecule has 5 heteroatoms. The maximum absolute atomic E-state index is 11.4. The third-order valence-electron chi connectivity index (χ3n) is 1.72. The summed E-state index contributed by atoms with van der Waals surface area (Å²) < 4.78 is 4.80. The van der Waals surface area contributed by atoms with E-state index in [-0.39, 0.29) is 24.0 Å². The summed E-state index contributed by atoms with van der Waals surface area (Å²) in [4.78, 5) is 22.6. The molecule has 0 rings (SSSR count). The molecule has 0 radical (unpaired) electrons. The lowest BCUT2D eigenvalue weighted by Crippen LogP contribution is -2.47. The van der Waals surface area contributed by atoms with Gasteiger partial charge < -0.3 is 10.1 Å². The van der Waals surface area contributed by atoms with E-state index in [1.165, 1.54) is 0 Å². The Labute approximate surface area is 96.9 Å². The average molecular weight is 230 g/mol. The highest BCUT2D eigenvalue weighted by atomic mass is 16.5. The summed E-state index contributed by atoms with van der Waals surface area (Å²) in [5, 5.41) is 5.59. The molecule has 1 atom stereocenters. The van der Waals surface area contributed by atoms with Gasteiger partial charge in [-0.3, -0.25) is 14.9 Å². The Bertz CT molecular complexity index is 246. The molecule has 0 aliphatic rings. The largest absolute Gasteiger partial charge is 0.465 e. The van der Waals surface area contributed by atoms with Crippen molar-refractivity contribution < 1.29 is 14.3 Å². The van der Waals surface area contributed by atoms with Gasteiger partial charge in [-0.05, 0) is 34.6 Å². The summed E-state index contributed by atoms with van der Waals surface area (Å²) in [5.74, 6) is -0.477. The van der Waals surface area contributed by atoms with Gasteiger partial charge in [0, 0.05) is 5.54 Å².